The first-order valence-electron chi connectivity index (χ1n) is 5.37. The Labute approximate surface area is 92.9 Å². The highest BCUT2D eigenvalue weighted by Crippen LogP contribution is 2.33. The fourth-order valence-electron chi connectivity index (χ4n) is 1.53. The lowest BCUT2D eigenvalue weighted by Gasteiger charge is -2.14. The minimum atomic E-state index is -0.945. The van der Waals surface area contributed by atoms with Crippen molar-refractivity contribution in [1.29, 1.82) is 0 Å². The molecule has 2 rings (SSSR count). The SMILES string of the molecule is CC(O)c1cc(F)cc(F)c1OCC1CC1. The molecule has 0 bridgehead atoms. The maximum Gasteiger partial charge on any atom is 0.168 e. The average molecular weight is 228 g/mol. The monoisotopic (exact) mass is 228 g/mol. The van der Waals surface area contributed by atoms with Crippen LogP contribution in [0.25, 0.3) is 0 Å². The van der Waals surface area contributed by atoms with Gasteiger partial charge in [-0.3, -0.25) is 0 Å². The maximum atomic E-state index is 13.5. The van der Waals surface area contributed by atoms with Crippen molar-refractivity contribution >= 4 is 0 Å². The molecule has 0 saturated heterocycles. The number of aliphatic hydroxyl groups is 1. The van der Waals surface area contributed by atoms with Crippen molar-refractivity contribution in [2.75, 3.05) is 6.61 Å². The first-order chi connectivity index (χ1) is 7.58. The van der Waals surface area contributed by atoms with Crippen LogP contribution >= 0.6 is 0 Å². The van der Waals surface area contributed by atoms with Gasteiger partial charge in [-0.2, -0.15) is 0 Å². The lowest BCUT2D eigenvalue weighted by Crippen LogP contribution is -2.06. The van der Waals surface area contributed by atoms with Gasteiger partial charge in [0.15, 0.2) is 11.6 Å². The summed E-state index contributed by atoms with van der Waals surface area (Å²) in [6.07, 6.45) is 1.24. The minimum Gasteiger partial charge on any atom is -0.490 e. The number of halogens is 2. The third-order valence-electron chi connectivity index (χ3n) is 2.65. The van der Waals surface area contributed by atoms with Crippen molar-refractivity contribution in [3.63, 3.8) is 0 Å². The van der Waals surface area contributed by atoms with Gasteiger partial charge in [0.25, 0.3) is 0 Å². The molecule has 1 aromatic carbocycles. The van der Waals surface area contributed by atoms with E-state index in [4.69, 9.17) is 4.74 Å². The summed E-state index contributed by atoms with van der Waals surface area (Å²) in [6.45, 7) is 1.89. The van der Waals surface area contributed by atoms with Crippen LogP contribution in [-0.4, -0.2) is 11.7 Å². The summed E-state index contributed by atoms with van der Waals surface area (Å²) >= 11 is 0. The predicted octanol–water partition coefficient (Wildman–Crippen LogP) is 2.81. The third-order valence-corrected chi connectivity index (χ3v) is 2.65. The van der Waals surface area contributed by atoms with Gasteiger partial charge < -0.3 is 9.84 Å². The van der Waals surface area contributed by atoms with Gasteiger partial charge in [0.2, 0.25) is 0 Å². The Hall–Kier alpha value is -1.16. The van der Waals surface area contributed by atoms with Gasteiger partial charge in [0.05, 0.1) is 12.7 Å². The second-order valence-electron chi connectivity index (χ2n) is 4.24. The highest BCUT2D eigenvalue weighted by Gasteiger charge is 2.24. The first kappa shape index (κ1) is 11.3. The quantitative estimate of drug-likeness (QED) is 0.858. The molecular weight excluding hydrogens is 214 g/mol. The smallest absolute Gasteiger partial charge is 0.168 e. The summed E-state index contributed by atoms with van der Waals surface area (Å²) < 4.78 is 31.7. The van der Waals surface area contributed by atoms with Crippen LogP contribution in [0.3, 0.4) is 0 Å². The van der Waals surface area contributed by atoms with Gasteiger partial charge in [-0.05, 0) is 31.7 Å². The van der Waals surface area contributed by atoms with E-state index in [0.29, 0.717) is 12.5 Å². The Kier molecular flexibility index (Phi) is 3.10. The number of benzene rings is 1. The van der Waals surface area contributed by atoms with Crippen LogP contribution in [0.5, 0.6) is 5.75 Å². The molecule has 0 aliphatic heterocycles. The van der Waals surface area contributed by atoms with E-state index < -0.39 is 17.7 Å². The van der Waals surface area contributed by atoms with E-state index in [1.165, 1.54) is 6.92 Å². The molecule has 0 amide bonds. The van der Waals surface area contributed by atoms with Crippen LogP contribution in [0, 0.1) is 17.6 Å². The number of hydrogen-bond acceptors (Lipinski definition) is 2. The molecule has 4 heteroatoms. The van der Waals surface area contributed by atoms with E-state index >= 15 is 0 Å². The van der Waals surface area contributed by atoms with Gasteiger partial charge in [0, 0.05) is 11.6 Å². The molecule has 1 aliphatic carbocycles. The largest absolute Gasteiger partial charge is 0.490 e. The Balaban J connectivity index is 2.24. The molecule has 1 aliphatic rings. The van der Waals surface area contributed by atoms with Crippen LogP contribution < -0.4 is 4.74 Å². The third kappa shape index (κ3) is 2.50. The zero-order valence-electron chi connectivity index (χ0n) is 9.04. The van der Waals surface area contributed by atoms with Gasteiger partial charge in [-0.25, -0.2) is 8.78 Å². The summed E-state index contributed by atoms with van der Waals surface area (Å²) in [5, 5.41) is 9.42. The Morgan fingerprint density at radius 3 is 2.69 bits per heavy atom. The summed E-state index contributed by atoms with van der Waals surface area (Å²) in [5.41, 5.74) is 0.165. The van der Waals surface area contributed by atoms with Crippen molar-refractivity contribution in [3.8, 4) is 5.75 Å². The van der Waals surface area contributed by atoms with E-state index in [-0.39, 0.29) is 11.3 Å². The molecule has 0 radical (unpaired) electrons. The zero-order valence-corrected chi connectivity index (χ0v) is 9.04. The van der Waals surface area contributed by atoms with E-state index in [1.807, 2.05) is 0 Å². The van der Waals surface area contributed by atoms with E-state index in [2.05, 4.69) is 0 Å². The van der Waals surface area contributed by atoms with Crippen molar-refractivity contribution in [2.24, 2.45) is 5.92 Å². The van der Waals surface area contributed by atoms with Crippen LogP contribution in [0.4, 0.5) is 8.78 Å². The normalized spacial score (nSPS) is 17.2. The van der Waals surface area contributed by atoms with Crippen LogP contribution in [0.1, 0.15) is 31.4 Å². The number of rotatable bonds is 4. The standard InChI is InChI=1S/C12H14F2O2/c1-7(15)10-4-9(13)5-11(14)12(10)16-6-8-2-3-8/h4-5,7-8,15H,2-3,6H2,1H3. The minimum absolute atomic E-state index is 0.0247. The summed E-state index contributed by atoms with van der Waals surface area (Å²) in [4.78, 5) is 0. The highest BCUT2D eigenvalue weighted by atomic mass is 19.1. The highest BCUT2D eigenvalue weighted by molar-refractivity contribution is 5.37. The fourth-order valence-corrected chi connectivity index (χ4v) is 1.53. The molecule has 1 unspecified atom stereocenters. The van der Waals surface area contributed by atoms with Gasteiger partial charge >= 0.3 is 0 Å². The fraction of sp³-hybridized carbons (Fsp3) is 0.500. The first-order valence-corrected chi connectivity index (χ1v) is 5.37. The van der Waals surface area contributed by atoms with Crippen LogP contribution in [0.2, 0.25) is 0 Å². The zero-order chi connectivity index (χ0) is 11.7. The lowest BCUT2D eigenvalue weighted by atomic mass is 10.1. The molecule has 1 saturated carbocycles. The Morgan fingerprint density at radius 1 is 1.44 bits per heavy atom. The van der Waals surface area contributed by atoms with Gasteiger partial charge in [0.1, 0.15) is 5.82 Å². The lowest BCUT2D eigenvalue weighted by molar-refractivity contribution is 0.187. The maximum absolute atomic E-state index is 13.5. The summed E-state index contributed by atoms with van der Waals surface area (Å²) in [5.74, 6) is -1.00. The second kappa shape index (κ2) is 4.37. The van der Waals surface area contributed by atoms with E-state index in [0.717, 1.165) is 25.0 Å². The molecular formula is C12H14F2O2. The molecule has 2 nitrogen and oxygen atoms in total. The molecule has 1 fully saturated rings. The van der Waals surface area contributed by atoms with Crippen molar-refractivity contribution in [1.82, 2.24) is 0 Å². The molecule has 0 aromatic heterocycles. The Morgan fingerprint density at radius 2 is 2.12 bits per heavy atom. The molecule has 1 N–H and O–H groups in total. The average Bonchev–Trinajstić information content (AvgIpc) is 2.98. The van der Waals surface area contributed by atoms with Crippen molar-refractivity contribution < 1.29 is 18.6 Å². The van der Waals surface area contributed by atoms with Gasteiger partial charge in [-0.1, -0.05) is 0 Å². The van der Waals surface area contributed by atoms with E-state index in [1.54, 1.807) is 0 Å². The molecule has 0 heterocycles. The molecule has 1 atom stereocenters. The number of aliphatic hydroxyl groups excluding tert-OH is 1. The Bertz CT molecular complexity index is 387. The number of hydrogen-bond donors (Lipinski definition) is 1. The number of ether oxygens (including phenoxy) is 1. The summed E-state index contributed by atoms with van der Waals surface area (Å²) in [7, 11) is 0. The molecule has 1 aromatic rings. The van der Waals surface area contributed by atoms with Crippen LogP contribution in [-0.2, 0) is 0 Å². The molecule has 0 spiro atoms. The van der Waals surface area contributed by atoms with Crippen molar-refractivity contribution in [2.45, 2.75) is 25.9 Å². The topological polar surface area (TPSA) is 29.5 Å². The van der Waals surface area contributed by atoms with Crippen LogP contribution in [0.15, 0.2) is 12.1 Å². The predicted molar refractivity (Wildman–Crippen MR) is 55.2 cm³/mol. The van der Waals surface area contributed by atoms with E-state index in [9.17, 15) is 13.9 Å². The summed E-state index contributed by atoms with van der Waals surface area (Å²) in [6, 6.07) is 1.88. The molecule has 16 heavy (non-hydrogen) atoms. The van der Waals surface area contributed by atoms with Crippen molar-refractivity contribution in [3.05, 3.63) is 29.3 Å². The second-order valence-corrected chi connectivity index (χ2v) is 4.24. The molecule has 88 valence electrons. The van der Waals surface area contributed by atoms with Gasteiger partial charge in [-0.15, -0.1) is 0 Å².